The molecule has 2 aromatic rings. The topological polar surface area (TPSA) is 66.2 Å². The number of ether oxygens (including phenoxy) is 1. The molecule has 0 unspecified atom stereocenters. The molecule has 2 aliphatic heterocycles. The van der Waals surface area contributed by atoms with E-state index in [0.29, 0.717) is 12.8 Å². The fourth-order valence-electron chi connectivity index (χ4n) is 7.87. The molecule has 1 aromatic carbocycles. The second kappa shape index (κ2) is 8.25. The summed E-state index contributed by atoms with van der Waals surface area (Å²) in [6.07, 6.45) is 10.2. The van der Waals surface area contributed by atoms with Gasteiger partial charge in [-0.25, -0.2) is 0 Å². The van der Waals surface area contributed by atoms with Gasteiger partial charge in [0.1, 0.15) is 11.9 Å². The van der Waals surface area contributed by atoms with Gasteiger partial charge < -0.3 is 19.2 Å². The lowest BCUT2D eigenvalue weighted by atomic mass is 9.48. The van der Waals surface area contributed by atoms with Gasteiger partial charge in [0, 0.05) is 31.6 Å². The van der Waals surface area contributed by atoms with Gasteiger partial charge in [-0.3, -0.25) is 9.69 Å². The molecule has 35 heavy (non-hydrogen) atoms. The zero-order chi connectivity index (χ0) is 23.1. The number of nitrogens with zero attached hydrogens (tertiary/aromatic N) is 2. The van der Waals surface area contributed by atoms with E-state index in [4.69, 9.17) is 9.15 Å². The summed E-state index contributed by atoms with van der Waals surface area (Å²) >= 11 is 0. The van der Waals surface area contributed by atoms with Crippen LogP contribution in [0.3, 0.4) is 0 Å². The highest BCUT2D eigenvalue weighted by Gasteiger charge is 2.73. The molecule has 7 heteroatoms. The summed E-state index contributed by atoms with van der Waals surface area (Å²) < 4.78 is 11.9. The van der Waals surface area contributed by atoms with Crippen LogP contribution in [0.5, 0.6) is 5.75 Å². The molecule has 1 saturated heterocycles. The van der Waals surface area contributed by atoms with Crippen molar-refractivity contribution in [2.24, 2.45) is 5.92 Å². The zero-order valence-corrected chi connectivity index (χ0v) is 21.1. The lowest BCUT2D eigenvalue weighted by molar-refractivity contribution is -0.200. The Morgan fingerprint density at radius 1 is 1.23 bits per heavy atom. The molecule has 7 rings (SSSR count). The predicted molar refractivity (Wildman–Crippen MR) is 134 cm³/mol. The first kappa shape index (κ1) is 23.4. The Morgan fingerprint density at radius 2 is 2.09 bits per heavy atom. The number of rotatable bonds is 6. The Labute approximate surface area is 213 Å². The molecular weight excluding hydrogens is 464 g/mol. The van der Waals surface area contributed by atoms with Crippen molar-refractivity contribution in [3.05, 3.63) is 53.5 Å². The predicted octanol–water partition coefficient (Wildman–Crippen LogP) is 3.73. The first-order valence-electron chi connectivity index (χ1n) is 13.0. The number of furan rings is 1. The van der Waals surface area contributed by atoms with E-state index >= 15 is 0 Å². The van der Waals surface area contributed by atoms with Gasteiger partial charge in [0.25, 0.3) is 0 Å². The number of carbonyl (C=O) groups excluding carboxylic acids is 1. The molecule has 2 saturated carbocycles. The van der Waals surface area contributed by atoms with E-state index in [1.807, 2.05) is 18.0 Å². The van der Waals surface area contributed by atoms with Crippen molar-refractivity contribution in [1.29, 1.82) is 0 Å². The Hall–Kier alpha value is -2.02. The average molecular weight is 499 g/mol. The Morgan fingerprint density at radius 3 is 2.86 bits per heavy atom. The summed E-state index contributed by atoms with van der Waals surface area (Å²) in [6, 6.07) is 8.43. The zero-order valence-electron chi connectivity index (χ0n) is 20.3. The van der Waals surface area contributed by atoms with Crippen LogP contribution in [-0.4, -0.2) is 64.7 Å². The number of hydrogen-bond acceptors (Lipinski definition) is 5. The van der Waals surface area contributed by atoms with Gasteiger partial charge in [0.05, 0.1) is 29.6 Å². The maximum Gasteiger partial charge on any atom is 0.223 e. The van der Waals surface area contributed by atoms with Crippen molar-refractivity contribution < 1.29 is 19.1 Å². The Bertz CT molecular complexity index is 1120. The number of likely N-dealkylation sites (N-methyl/N-ethyl adjacent to an activating group) is 1. The fraction of sp³-hybridized carbons (Fsp3) is 0.607. The van der Waals surface area contributed by atoms with Gasteiger partial charge in [-0.2, -0.15) is 0 Å². The maximum atomic E-state index is 13.3. The number of likely N-dealkylation sites (tertiary alicyclic amines) is 1. The van der Waals surface area contributed by atoms with Crippen LogP contribution in [0.25, 0.3) is 0 Å². The third-order valence-electron chi connectivity index (χ3n) is 9.73. The summed E-state index contributed by atoms with van der Waals surface area (Å²) in [6.45, 7) is 2.11. The van der Waals surface area contributed by atoms with Crippen molar-refractivity contribution >= 4 is 18.3 Å². The molecule has 5 atom stereocenters. The molecule has 188 valence electrons. The van der Waals surface area contributed by atoms with Gasteiger partial charge in [-0.15, -0.1) is 12.4 Å². The van der Waals surface area contributed by atoms with Crippen molar-refractivity contribution in [2.75, 3.05) is 20.1 Å². The number of hydrogen-bond donors (Lipinski definition) is 1. The molecule has 3 fully saturated rings. The van der Waals surface area contributed by atoms with Crippen LogP contribution in [0, 0.1) is 5.92 Å². The molecule has 1 amide bonds. The standard InChI is InChI=1S/C28H34N2O4.ClH/c1-29(24(31)8-7-19-10-14-33-17-19)21-9-11-28(32)23-15-20-3-2-4-22-25(20)27(28,26(21)34-22)12-13-30(23)16-18-5-6-18;/h2-4,10,14,17-18,21,23,26,32H,5-9,11-13,15-16H2,1H3;1H/t21-,23-,26+,27+,28-;/m1./s1. The van der Waals surface area contributed by atoms with Gasteiger partial charge in [-0.05, 0) is 80.7 Å². The number of piperidine rings is 1. The Kier molecular flexibility index (Phi) is 5.51. The van der Waals surface area contributed by atoms with Crippen molar-refractivity contribution in [1.82, 2.24) is 9.80 Å². The monoisotopic (exact) mass is 498 g/mol. The van der Waals surface area contributed by atoms with Crippen molar-refractivity contribution in [2.45, 2.75) is 80.6 Å². The van der Waals surface area contributed by atoms with E-state index in [1.54, 1.807) is 12.5 Å². The highest BCUT2D eigenvalue weighted by molar-refractivity contribution is 5.85. The van der Waals surface area contributed by atoms with E-state index in [9.17, 15) is 9.90 Å². The Balaban J connectivity index is 0.00000229. The van der Waals surface area contributed by atoms with E-state index in [-0.39, 0.29) is 36.5 Å². The minimum atomic E-state index is -0.804. The number of aliphatic hydroxyl groups is 1. The van der Waals surface area contributed by atoms with Crippen LogP contribution in [0.2, 0.25) is 0 Å². The van der Waals surface area contributed by atoms with Crippen molar-refractivity contribution in [3.8, 4) is 5.75 Å². The SMILES string of the molecule is CN(C(=O)CCc1ccoc1)[C@@H]1CC[C@@]2(O)[C@H]3Cc4cccc5c4[C@@]2(CCN3CC2CC2)[C@H]1O5.Cl. The summed E-state index contributed by atoms with van der Waals surface area (Å²) in [7, 11) is 1.93. The summed E-state index contributed by atoms with van der Waals surface area (Å²) in [5, 5.41) is 12.5. The molecule has 1 spiro atoms. The maximum absolute atomic E-state index is 13.3. The first-order chi connectivity index (χ1) is 16.5. The molecule has 3 aliphatic carbocycles. The van der Waals surface area contributed by atoms with E-state index in [1.165, 1.54) is 24.0 Å². The lowest BCUT2D eigenvalue weighted by Crippen LogP contribution is -2.78. The van der Waals surface area contributed by atoms with Crippen LogP contribution < -0.4 is 4.74 Å². The fourth-order valence-corrected chi connectivity index (χ4v) is 7.87. The quantitative estimate of drug-likeness (QED) is 0.657. The van der Waals surface area contributed by atoms with E-state index in [2.05, 4.69) is 23.1 Å². The third kappa shape index (κ3) is 3.25. The highest BCUT2D eigenvalue weighted by Crippen LogP contribution is 2.64. The van der Waals surface area contributed by atoms with Crippen LogP contribution in [0.1, 0.15) is 55.2 Å². The normalized spacial score (nSPS) is 34.5. The average Bonchev–Trinajstić information content (AvgIpc) is 3.35. The van der Waals surface area contributed by atoms with Crippen LogP contribution >= 0.6 is 12.4 Å². The highest BCUT2D eigenvalue weighted by atomic mass is 35.5. The number of amides is 1. The largest absolute Gasteiger partial charge is 0.487 e. The van der Waals surface area contributed by atoms with Crippen LogP contribution in [-0.2, 0) is 23.1 Å². The van der Waals surface area contributed by atoms with Gasteiger partial charge in [0.2, 0.25) is 5.91 Å². The molecule has 5 aliphatic rings. The minimum Gasteiger partial charge on any atom is -0.487 e. The van der Waals surface area contributed by atoms with E-state index in [0.717, 1.165) is 56.0 Å². The first-order valence-corrected chi connectivity index (χ1v) is 13.0. The number of halogens is 1. The summed E-state index contributed by atoms with van der Waals surface area (Å²) in [5.74, 6) is 1.86. The molecule has 3 heterocycles. The van der Waals surface area contributed by atoms with E-state index < -0.39 is 11.0 Å². The molecule has 0 radical (unpaired) electrons. The lowest BCUT2D eigenvalue weighted by Gasteiger charge is -2.64. The van der Waals surface area contributed by atoms with Crippen LogP contribution in [0.4, 0.5) is 0 Å². The smallest absolute Gasteiger partial charge is 0.223 e. The van der Waals surface area contributed by atoms with Crippen LogP contribution in [0.15, 0.2) is 41.2 Å². The molecule has 1 aromatic heterocycles. The van der Waals surface area contributed by atoms with Crippen molar-refractivity contribution in [3.63, 3.8) is 0 Å². The molecular formula is C28H35ClN2O4. The van der Waals surface area contributed by atoms with Gasteiger partial charge in [-0.1, -0.05) is 12.1 Å². The number of aryl methyl sites for hydroxylation is 1. The van der Waals surface area contributed by atoms with Gasteiger partial charge in [0.15, 0.2) is 0 Å². The number of carbonyl (C=O) groups is 1. The second-order valence-electron chi connectivity index (χ2n) is 11.4. The summed E-state index contributed by atoms with van der Waals surface area (Å²) in [5.41, 5.74) is 2.40. The van der Waals surface area contributed by atoms with Gasteiger partial charge >= 0.3 is 0 Å². The molecule has 6 nitrogen and oxygen atoms in total. The third-order valence-corrected chi connectivity index (χ3v) is 9.73. The minimum absolute atomic E-state index is 0. The number of benzene rings is 1. The summed E-state index contributed by atoms with van der Waals surface area (Å²) in [4.78, 5) is 17.8. The molecule has 1 N–H and O–H groups in total. The second-order valence-corrected chi connectivity index (χ2v) is 11.4. The molecule has 2 bridgehead atoms.